The first-order chi connectivity index (χ1) is 9.54. The molecule has 1 unspecified atom stereocenters. The van der Waals surface area contributed by atoms with E-state index in [1.165, 1.54) is 22.4 Å². The van der Waals surface area contributed by atoms with E-state index >= 15 is 0 Å². The molecule has 1 nitrogen and oxygen atoms in total. The molecule has 0 spiro atoms. The fourth-order valence-corrected chi connectivity index (χ4v) is 5.71. The Morgan fingerprint density at radius 3 is 2.65 bits per heavy atom. The highest BCUT2D eigenvalue weighted by molar-refractivity contribution is 9.11. The maximum absolute atomic E-state index is 6.17. The van der Waals surface area contributed by atoms with E-state index < -0.39 is 0 Å². The Labute approximate surface area is 145 Å². The summed E-state index contributed by atoms with van der Waals surface area (Å²) in [6.07, 6.45) is 3.51. The summed E-state index contributed by atoms with van der Waals surface area (Å²) in [6, 6.07) is 6.74. The van der Waals surface area contributed by atoms with Crippen molar-refractivity contribution in [1.82, 2.24) is 0 Å². The van der Waals surface area contributed by atoms with E-state index in [4.69, 9.17) is 11.6 Å². The van der Waals surface area contributed by atoms with Crippen LogP contribution in [0.5, 0.6) is 0 Å². The Morgan fingerprint density at radius 1 is 1.25 bits per heavy atom. The van der Waals surface area contributed by atoms with Gasteiger partial charge >= 0.3 is 0 Å². The van der Waals surface area contributed by atoms with Crippen molar-refractivity contribution in [2.24, 2.45) is 0 Å². The highest BCUT2D eigenvalue weighted by Gasteiger charge is 2.23. The zero-order valence-corrected chi connectivity index (χ0v) is 15.7. The minimum atomic E-state index is 0.345. The van der Waals surface area contributed by atoms with Gasteiger partial charge in [0, 0.05) is 13.8 Å². The van der Waals surface area contributed by atoms with Gasteiger partial charge < -0.3 is 5.32 Å². The summed E-state index contributed by atoms with van der Waals surface area (Å²) in [5.41, 5.74) is 3.72. The first kappa shape index (κ1) is 14.9. The molecule has 1 N–H and O–H groups in total. The van der Waals surface area contributed by atoms with Gasteiger partial charge in [-0.05, 0) is 87.4 Å². The molecule has 20 heavy (non-hydrogen) atoms. The lowest BCUT2D eigenvalue weighted by atomic mass is 9.94. The third-order valence-corrected chi connectivity index (χ3v) is 6.18. The third kappa shape index (κ3) is 2.94. The van der Waals surface area contributed by atoms with E-state index in [0.29, 0.717) is 6.04 Å². The molecule has 1 aliphatic carbocycles. The van der Waals surface area contributed by atoms with Crippen molar-refractivity contribution >= 4 is 60.5 Å². The van der Waals surface area contributed by atoms with Gasteiger partial charge in [-0.3, -0.25) is 0 Å². The van der Waals surface area contributed by atoms with Crippen LogP contribution in [0, 0.1) is 6.92 Å². The van der Waals surface area contributed by atoms with Crippen LogP contribution in [0.25, 0.3) is 0 Å². The number of halogens is 3. The van der Waals surface area contributed by atoms with Gasteiger partial charge in [0.2, 0.25) is 0 Å². The normalized spacial score (nSPS) is 17.9. The lowest BCUT2D eigenvalue weighted by Gasteiger charge is -2.26. The number of rotatable bonds is 2. The van der Waals surface area contributed by atoms with Crippen LogP contribution in [0.1, 0.15) is 34.9 Å². The van der Waals surface area contributed by atoms with Gasteiger partial charge in [0.25, 0.3) is 0 Å². The summed E-state index contributed by atoms with van der Waals surface area (Å²) in [5, 5.41) is 3.67. The molecule has 0 saturated heterocycles. The van der Waals surface area contributed by atoms with E-state index in [0.717, 1.165) is 31.8 Å². The molecule has 3 rings (SSSR count). The fraction of sp³-hybridized carbons (Fsp3) is 0.333. The SMILES string of the molecule is Cc1cc(Br)c(NC2CCCc3sc(Cl)cc32)c(Br)c1. The number of anilines is 1. The summed E-state index contributed by atoms with van der Waals surface area (Å²) in [4.78, 5) is 1.43. The van der Waals surface area contributed by atoms with Crippen molar-refractivity contribution in [1.29, 1.82) is 0 Å². The molecular weight excluding hydrogens is 422 g/mol. The van der Waals surface area contributed by atoms with Crippen molar-refractivity contribution in [3.8, 4) is 0 Å². The van der Waals surface area contributed by atoms with Crippen molar-refractivity contribution in [2.45, 2.75) is 32.2 Å². The molecule has 5 heteroatoms. The van der Waals surface area contributed by atoms with Crippen LogP contribution in [-0.2, 0) is 6.42 Å². The fourth-order valence-electron chi connectivity index (χ4n) is 2.68. The van der Waals surface area contributed by atoms with Gasteiger partial charge in [-0.2, -0.15) is 0 Å². The Morgan fingerprint density at radius 2 is 1.95 bits per heavy atom. The Bertz CT molecular complexity index is 630. The van der Waals surface area contributed by atoms with Crippen LogP contribution in [0.2, 0.25) is 4.34 Å². The van der Waals surface area contributed by atoms with Gasteiger partial charge in [0.1, 0.15) is 0 Å². The minimum Gasteiger partial charge on any atom is -0.376 e. The summed E-state index contributed by atoms with van der Waals surface area (Å²) >= 11 is 15.2. The number of hydrogen-bond donors (Lipinski definition) is 1. The Kier molecular flexibility index (Phi) is 4.46. The van der Waals surface area contributed by atoms with Gasteiger partial charge in [-0.25, -0.2) is 0 Å². The second-order valence-electron chi connectivity index (χ2n) is 5.12. The lowest BCUT2D eigenvalue weighted by molar-refractivity contribution is 0.608. The average molecular weight is 436 g/mol. The number of aryl methyl sites for hydroxylation is 2. The monoisotopic (exact) mass is 433 g/mol. The molecule has 0 aliphatic heterocycles. The van der Waals surface area contributed by atoms with Crippen molar-refractivity contribution in [3.05, 3.63) is 47.5 Å². The summed E-state index contributed by atoms with van der Waals surface area (Å²) in [6.45, 7) is 2.09. The lowest BCUT2D eigenvalue weighted by Crippen LogP contribution is -2.16. The van der Waals surface area contributed by atoms with E-state index in [1.807, 2.05) is 0 Å². The van der Waals surface area contributed by atoms with E-state index in [-0.39, 0.29) is 0 Å². The van der Waals surface area contributed by atoms with Crippen LogP contribution < -0.4 is 5.32 Å². The van der Waals surface area contributed by atoms with Gasteiger partial charge in [-0.1, -0.05) is 11.6 Å². The molecule has 2 aromatic rings. The van der Waals surface area contributed by atoms with Crippen LogP contribution in [-0.4, -0.2) is 0 Å². The molecule has 1 heterocycles. The largest absolute Gasteiger partial charge is 0.376 e. The van der Waals surface area contributed by atoms with Crippen LogP contribution in [0.4, 0.5) is 5.69 Å². The number of benzene rings is 1. The van der Waals surface area contributed by atoms with E-state index in [2.05, 4.69) is 62.3 Å². The molecule has 0 fully saturated rings. The van der Waals surface area contributed by atoms with Gasteiger partial charge in [0.15, 0.2) is 0 Å². The van der Waals surface area contributed by atoms with E-state index in [9.17, 15) is 0 Å². The van der Waals surface area contributed by atoms with Crippen LogP contribution in [0.3, 0.4) is 0 Å². The smallest absolute Gasteiger partial charge is 0.0934 e. The molecule has 1 atom stereocenters. The Balaban J connectivity index is 1.93. The summed E-state index contributed by atoms with van der Waals surface area (Å²) in [5.74, 6) is 0. The standard InChI is InChI=1S/C15H14Br2ClNS/c1-8-5-10(16)15(11(17)6-8)19-12-3-2-4-13-9(12)7-14(18)20-13/h5-7,12,19H,2-4H2,1H3. The van der Waals surface area contributed by atoms with Crippen molar-refractivity contribution in [3.63, 3.8) is 0 Å². The van der Waals surface area contributed by atoms with Gasteiger partial charge in [-0.15, -0.1) is 11.3 Å². The number of nitrogens with one attached hydrogen (secondary N) is 1. The van der Waals surface area contributed by atoms with Crippen LogP contribution >= 0.6 is 54.8 Å². The molecule has 1 aliphatic rings. The zero-order valence-electron chi connectivity index (χ0n) is 11.0. The predicted octanol–water partition coefficient (Wildman–Crippen LogP) is 6.72. The van der Waals surface area contributed by atoms with Crippen molar-refractivity contribution < 1.29 is 0 Å². The van der Waals surface area contributed by atoms with Crippen LogP contribution in [0.15, 0.2) is 27.1 Å². The molecule has 106 valence electrons. The highest BCUT2D eigenvalue weighted by atomic mass is 79.9. The third-order valence-electron chi connectivity index (χ3n) is 3.59. The molecule has 0 bridgehead atoms. The maximum Gasteiger partial charge on any atom is 0.0934 e. The highest BCUT2D eigenvalue weighted by Crippen LogP contribution is 2.42. The second kappa shape index (κ2) is 5.99. The topological polar surface area (TPSA) is 12.0 Å². The number of thiophene rings is 1. The first-order valence-corrected chi connectivity index (χ1v) is 9.33. The maximum atomic E-state index is 6.17. The molecule has 0 amide bonds. The molecule has 1 aromatic carbocycles. The average Bonchev–Trinajstić information content (AvgIpc) is 2.74. The first-order valence-electron chi connectivity index (χ1n) is 6.55. The molecule has 1 aromatic heterocycles. The summed E-state index contributed by atoms with van der Waals surface area (Å²) < 4.78 is 3.08. The number of fused-ring (bicyclic) bond motifs is 1. The summed E-state index contributed by atoms with van der Waals surface area (Å²) in [7, 11) is 0. The molecular formula is C15H14Br2ClNS. The number of hydrogen-bond acceptors (Lipinski definition) is 2. The zero-order chi connectivity index (χ0) is 14.3. The molecule has 0 radical (unpaired) electrons. The van der Waals surface area contributed by atoms with E-state index in [1.54, 1.807) is 11.3 Å². The minimum absolute atomic E-state index is 0.345. The quantitative estimate of drug-likeness (QED) is 0.552. The second-order valence-corrected chi connectivity index (χ2v) is 8.60. The van der Waals surface area contributed by atoms with Gasteiger partial charge in [0.05, 0.1) is 16.1 Å². The molecule has 0 saturated carbocycles. The predicted molar refractivity (Wildman–Crippen MR) is 95.2 cm³/mol. The van der Waals surface area contributed by atoms with Crippen molar-refractivity contribution in [2.75, 3.05) is 5.32 Å². The Hall–Kier alpha value is -0.0300.